The summed E-state index contributed by atoms with van der Waals surface area (Å²) in [4.78, 5) is 12.3. The zero-order valence-electron chi connectivity index (χ0n) is 18.0. The standard InChI is InChI=1S/C22H25BCl2N2O3/c1-13(2)27-18-9-10-26(17(18)7-8-19(27)28)20-15(24)11-14(12-16(20)25)23-29-21(3,4)22(5,6)30-23/h7-13H,1-6H3. The number of fused-ring (bicyclic) bond motifs is 1. The van der Waals surface area contributed by atoms with Gasteiger partial charge >= 0.3 is 7.12 Å². The average Bonchev–Trinajstić information content (AvgIpc) is 3.12. The van der Waals surface area contributed by atoms with E-state index in [4.69, 9.17) is 32.5 Å². The molecule has 3 heterocycles. The highest BCUT2D eigenvalue weighted by atomic mass is 35.5. The first-order chi connectivity index (χ1) is 13.9. The lowest BCUT2D eigenvalue weighted by atomic mass is 9.79. The van der Waals surface area contributed by atoms with Gasteiger partial charge in [0.1, 0.15) is 0 Å². The van der Waals surface area contributed by atoms with Crippen molar-refractivity contribution in [1.29, 1.82) is 0 Å². The van der Waals surface area contributed by atoms with Crippen molar-refractivity contribution < 1.29 is 9.31 Å². The molecule has 1 aromatic carbocycles. The fourth-order valence-corrected chi connectivity index (χ4v) is 4.50. The third kappa shape index (κ3) is 3.30. The quantitative estimate of drug-likeness (QED) is 0.533. The second kappa shape index (κ2) is 7.16. The molecule has 0 bridgehead atoms. The van der Waals surface area contributed by atoms with E-state index in [0.717, 1.165) is 16.5 Å². The lowest BCUT2D eigenvalue weighted by Gasteiger charge is -2.32. The molecule has 0 aliphatic carbocycles. The van der Waals surface area contributed by atoms with Gasteiger partial charge in [0, 0.05) is 18.3 Å². The fraction of sp³-hybridized carbons (Fsp3) is 0.409. The highest BCUT2D eigenvalue weighted by Crippen LogP contribution is 2.38. The second-order valence-electron chi connectivity index (χ2n) is 9.01. The van der Waals surface area contributed by atoms with E-state index >= 15 is 0 Å². The van der Waals surface area contributed by atoms with E-state index in [1.165, 1.54) is 0 Å². The molecule has 0 N–H and O–H groups in total. The molecule has 1 saturated heterocycles. The number of benzene rings is 1. The minimum absolute atomic E-state index is 0.0359. The first-order valence-corrected chi connectivity index (χ1v) is 10.8. The Kier molecular flexibility index (Phi) is 5.13. The number of aromatic nitrogens is 2. The number of pyridine rings is 1. The number of nitrogens with zero attached hydrogens (tertiary/aromatic N) is 2. The molecular weight excluding hydrogens is 422 g/mol. The van der Waals surface area contributed by atoms with E-state index in [1.807, 2.05) is 70.5 Å². The van der Waals surface area contributed by atoms with Crippen LogP contribution in [-0.2, 0) is 9.31 Å². The van der Waals surface area contributed by atoms with Crippen molar-refractivity contribution in [1.82, 2.24) is 9.13 Å². The Morgan fingerprint density at radius 3 is 2.03 bits per heavy atom. The van der Waals surface area contributed by atoms with Gasteiger partial charge in [0.25, 0.3) is 5.56 Å². The predicted molar refractivity (Wildman–Crippen MR) is 124 cm³/mol. The smallest absolute Gasteiger partial charge is 0.399 e. The van der Waals surface area contributed by atoms with Crippen LogP contribution in [0.15, 0.2) is 41.3 Å². The molecule has 8 heteroatoms. The first-order valence-electron chi connectivity index (χ1n) is 10.0. The van der Waals surface area contributed by atoms with Gasteiger partial charge in [-0.15, -0.1) is 0 Å². The summed E-state index contributed by atoms with van der Waals surface area (Å²) in [6, 6.07) is 8.97. The Morgan fingerprint density at radius 1 is 0.933 bits per heavy atom. The van der Waals surface area contributed by atoms with Gasteiger partial charge in [-0.3, -0.25) is 4.79 Å². The Hall–Kier alpha value is -1.73. The van der Waals surface area contributed by atoms with Crippen molar-refractivity contribution in [2.45, 2.75) is 58.8 Å². The Morgan fingerprint density at radius 2 is 1.50 bits per heavy atom. The summed E-state index contributed by atoms with van der Waals surface area (Å²) >= 11 is 13.4. The van der Waals surface area contributed by atoms with Gasteiger partial charge in [0.05, 0.1) is 38.0 Å². The molecule has 3 aromatic rings. The maximum Gasteiger partial charge on any atom is 0.494 e. The van der Waals surface area contributed by atoms with E-state index in [1.54, 1.807) is 16.7 Å². The molecule has 4 rings (SSSR count). The molecule has 0 radical (unpaired) electrons. The zero-order chi connectivity index (χ0) is 22.0. The van der Waals surface area contributed by atoms with E-state index in [-0.39, 0.29) is 11.6 Å². The fourth-order valence-electron chi connectivity index (χ4n) is 3.81. The third-order valence-electron chi connectivity index (χ3n) is 6.11. The highest BCUT2D eigenvalue weighted by molar-refractivity contribution is 6.63. The van der Waals surface area contributed by atoms with Gasteiger partial charge in [-0.25, -0.2) is 0 Å². The van der Waals surface area contributed by atoms with Crippen molar-refractivity contribution in [3.8, 4) is 5.69 Å². The Balaban J connectivity index is 1.81. The van der Waals surface area contributed by atoms with E-state index in [2.05, 4.69) is 0 Å². The van der Waals surface area contributed by atoms with Gasteiger partial charge in [-0.1, -0.05) is 23.2 Å². The van der Waals surface area contributed by atoms with Crippen molar-refractivity contribution in [2.24, 2.45) is 0 Å². The monoisotopic (exact) mass is 446 g/mol. The molecule has 0 spiro atoms. The van der Waals surface area contributed by atoms with Crippen molar-refractivity contribution in [2.75, 3.05) is 0 Å². The van der Waals surface area contributed by atoms with Crippen molar-refractivity contribution in [3.63, 3.8) is 0 Å². The zero-order valence-corrected chi connectivity index (χ0v) is 19.5. The van der Waals surface area contributed by atoms with E-state index < -0.39 is 18.3 Å². The first kappa shape index (κ1) is 21.5. The molecule has 158 valence electrons. The van der Waals surface area contributed by atoms with Gasteiger partial charge in [0.15, 0.2) is 0 Å². The summed E-state index contributed by atoms with van der Waals surface area (Å²) in [5.74, 6) is 0. The molecule has 0 saturated carbocycles. The van der Waals surface area contributed by atoms with E-state index in [0.29, 0.717) is 15.7 Å². The van der Waals surface area contributed by atoms with Crippen molar-refractivity contribution in [3.05, 3.63) is 56.9 Å². The van der Waals surface area contributed by atoms with Crippen LogP contribution in [0, 0.1) is 0 Å². The summed E-state index contributed by atoms with van der Waals surface area (Å²) in [6.07, 6.45) is 1.88. The van der Waals surface area contributed by atoms with Crippen molar-refractivity contribution >= 4 is 46.8 Å². The van der Waals surface area contributed by atoms with Crippen LogP contribution in [0.3, 0.4) is 0 Å². The minimum atomic E-state index is -0.549. The summed E-state index contributed by atoms with van der Waals surface area (Å²) < 4.78 is 15.9. The van der Waals surface area contributed by atoms with Gasteiger partial charge in [0.2, 0.25) is 0 Å². The lowest BCUT2D eigenvalue weighted by Crippen LogP contribution is -2.41. The normalized spacial score (nSPS) is 18.0. The van der Waals surface area contributed by atoms with E-state index in [9.17, 15) is 4.79 Å². The number of halogens is 2. The van der Waals surface area contributed by atoms with Crippen LogP contribution in [0.2, 0.25) is 10.0 Å². The summed E-state index contributed by atoms with van der Waals surface area (Å²) in [5.41, 5.74) is 2.17. The maximum absolute atomic E-state index is 12.3. The molecule has 0 amide bonds. The predicted octanol–water partition coefficient (Wildman–Crippen LogP) is 4.98. The van der Waals surface area contributed by atoms with Crippen LogP contribution in [0.1, 0.15) is 47.6 Å². The maximum atomic E-state index is 12.3. The van der Waals surface area contributed by atoms with Gasteiger partial charge in [-0.2, -0.15) is 0 Å². The molecular formula is C22H25BCl2N2O3. The van der Waals surface area contributed by atoms with Crippen LogP contribution in [0.25, 0.3) is 16.7 Å². The van der Waals surface area contributed by atoms with Crippen LogP contribution < -0.4 is 11.0 Å². The molecule has 2 aromatic heterocycles. The Bertz CT molecular complexity index is 1160. The molecule has 1 aliphatic heterocycles. The number of hydrogen-bond acceptors (Lipinski definition) is 3. The number of rotatable bonds is 3. The molecule has 5 nitrogen and oxygen atoms in total. The lowest BCUT2D eigenvalue weighted by molar-refractivity contribution is 0.00578. The average molecular weight is 447 g/mol. The molecule has 0 atom stereocenters. The summed E-state index contributed by atoms with van der Waals surface area (Å²) in [6.45, 7) is 12.0. The Labute approximate surface area is 186 Å². The van der Waals surface area contributed by atoms with Crippen LogP contribution in [0.5, 0.6) is 0 Å². The van der Waals surface area contributed by atoms with Crippen LogP contribution in [0.4, 0.5) is 0 Å². The largest absolute Gasteiger partial charge is 0.494 e. The topological polar surface area (TPSA) is 45.4 Å². The highest BCUT2D eigenvalue weighted by Gasteiger charge is 2.51. The van der Waals surface area contributed by atoms with Crippen LogP contribution >= 0.6 is 23.2 Å². The molecule has 0 unspecified atom stereocenters. The third-order valence-corrected chi connectivity index (χ3v) is 6.68. The summed E-state index contributed by atoms with van der Waals surface area (Å²) in [7, 11) is -0.549. The summed E-state index contributed by atoms with van der Waals surface area (Å²) in [5, 5.41) is 0.957. The number of hydrogen-bond donors (Lipinski definition) is 0. The van der Waals surface area contributed by atoms with Gasteiger partial charge in [-0.05, 0) is 71.3 Å². The molecule has 1 fully saturated rings. The van der Waals surface area contributed by atoms with Gasteiger partial charge < -0.3 is 18.4 Å². The minimum Gasteiger partial charge on any atom is -0.399 e. The van der Waals surface area contributed by atoms with Crippen LogP contribution in [-0.4, -0.2) is 27.5 Å². The second-order valence-corrected chi connectivity index (χ2v) is 9.83. The SMILES string of the molecule is CC(C)n1c(=O)ccc2c1ccn2-c1c(Cl)cc(B2OC(C)(C)C(C)(C)O2)cc1Cl. The molecule has 1 aliphatic rings. The molecule has 30 heavy (non-hydrogen) atoms.